The van der Waals surface area contributed by atoms with Gasteiger partial charge < -0.3 is 5.73 Å². The van der Waals surface area contributed by atoms with Crippen LogP contribution in [0.5, 0.6) is 0 Å². The first-order valence-corrected chi connectivity index (χ1v) is 7.30. The van der Waals surface area contributed by atoms with Gasteiger partial charge in [-0.2, -0.15) is 5.10 Å². The zero-order chi connectivity index (χ0) is 14.4. The van der Waals surface area contributed by atoms with Crippen molar-refractivity contribution >= 4 is 0 Å². The van der Waals surface area contributed by atoms with E-state index in [0.717, 1.165) is 18.8 Å². The molecule has 1 heterocycles. The fourth-order valence-electron chi connectivity index (χ4n) is 3.59. The van der Waals surface area contributed by atoms with E-state index >= 15 is 0 Å². The summed E-state index contributed by atoms with van der Waals surface area (Å²) in [4.78, 5) is 4.39. The highest BCUT2D eigenvalue weighted by Crippen LogP contribution is 2.69. The first kappa shape index (κ1) is 14.5. The second-order valence-corrected chi connectivity index (χ2v) is 7.54. The van der Waals surface area contributed by atoms with Crippen molar-refractivity contribution in [3.05, 3.63) is 12.2 Å². The van der Waals surface area contributed by atoms with Crippen LogP contribution in [-0.2, 0) is 13.0 Å². The summed E-state index contributed by atoms with van der Waals surface area (Å²) in [6.07, 6.45) is 2.47. The minimum Gasteiger partial charge on any atom is -0.327 e. The van der Waals surface area contributed by atoms with Crippen LogP contribution in [0.15, 0.2) is 6.33 Å². The molecule has 0 amide bonds. The van der Waals surface area contributed by atoms with Crippen molar-refractivity contribution in [1.29, 1.82) is 0 Å². The van der Waals surface area contributed by atoms with Gasteiger partial charge in [-0.15, -0.1) is 0 Å². The van der Waals surface area contributed by atoms with E-state index in [4.69, 9.17) is 5.73 Å². The molecule has 0 saturated heterocycles. The molecule has 1 aromatic rings. The summed E-state index contributed by atoms with van der Waals surface area (Å²) >= 11 is 0. The summed E-state index contributed by atoms with van der Waals surface area (Å²) in [5.41, 5.74) is 7.10. The van der Waals surface area contributed by atoms with Crippen LogP contribution in [0.1, 0.15) is 47.4 Å². The van der Waals surface area contributed by atoms with Gasteiger partial charge in [0.15, 0.2) is 0 Å². The molecule has 2 N–H and O–H groups in total. The van der Waals surface area contributed by atoms with Crippen LogP contribution < -0.4 is 5.73 Å². The molecule has 0 bridgehead atoms. The molecule has 2 rings (SSSR count). The average molecular weight is 264 g/mol. The maximum Gasteiger partial charge on any atom is 0.138 e. The summed E-state index contributed by atoms with van der Waals surface area (Å²) in [5.74, 6) is 2.16. The molecule has 108 valence electrons. The summed E-state index contributed by atoms with van der Waals surface area (Å²) in [6, 6.07) is 0.167. The summed E-state index contributed by atoms with van der Waals surface area (Å²) in [6.45, 7) is 14.6. The number of hydrogen-bond acceptors (Lipinski definition) is 3. The van der Waals surface area contributed by atoms with Gasteiger partial charge in [-0.25, -0.2) is 9.67 Å². The molecule has 19 heavy (non-hydrogen) atoms. The van der Waals surface area contributed by atoms with Gasteiger partial charge >= 0.3 is 0 Å². The lowest BCUT2D eigenvalue weighted by molar-refractivity contribution is 0.431. The lowest BCUT2D eigenvalue weighted by Gasteiger charge is -2.15. The van der Waals surface area contributed by atoms with E-state index in [-0.39, 0.29) is 6.04 Å². The smallest absolute Gasteiger partial charge is 0.138 e. The largest absolute Gasteiger partial charge is 0.327 e. The molecular weight excluding hydrogens is 236 g/mol. The lowest BCUT2D eigenvalue weighted by Crippen LogP contribution is -2.30. The van der Waals surface area contributed by atoms with Crippen molar-refractivity contribution in [2.24, 2.45) is 28.4 Å². The van der Waals surface area contributed by atoms with Crippen molar-refractivity contribution < 1.29 is 0 Å². The topological polar surface area (TPSA) is 56.7 Å². The summed E-state index contributed by atoms with van der Waals surface area (Å²) < 4.78 is 2.01. The van der Waals surface area contributed by atoms with Gasteiger partial charge in [0.25, 0.3) is 0 Å². The third kappa shape index (κ3) is 2.42. The quantitative estimate of drug-likeness (QED) is 0.889. The van der Waals surface area contributed by atoms with Crippen LogP contribution in [0.25, 0.3) is 0 Å². The Bertz CT molecular complexity index is 431. The van der Waals surface area contributed by atoms with Crippen LogP contribution in [-0.4, -0.2) is 20.8 Å². The van der Waals surface area contributed by atoms with Gasteiger partial charge in [-0.05, 0) is 22.7 Å². The van der Waals surface area contributed by atoms with Crippen LogP contribution in [0, 0.1) is 22.7 Å². The van der Waals surface area contributed by atoms with Gasteiger partial charge in [0, 0.05) is 19.0 Å². The van der Waals surface area contributed by atoms with E-state index in [9.17, 15) is 0 Å². The summed E-state index contributed by atoms with van der Waals surface area (Å²) in [7, 11) is 0. The van der Waals surface area contributed by atoms with Gasteiger partial charge in [-0.1, -0.05) is 41.5 Å². The van der Waals surface area contributed by atoms with Crippen molar-refractivity contribution in [3.63, 3.8) is 0 Å². The van der Waals surface area contributed by atoms with E-state index in [1.807, 2.05) is 4.68 Å². The SMILES string of the molecule is CC(C)Cn1ncnc1CC(N)C1C(C)(C)C1(C)C. The monoisotopic (exact) mass is 264 g/mol. The Morgan fingerprint density at radius 2 is 1.84 bits per heavy atom. The maximum absolute atomic E-state index is 6.44. The fraction of sp³-hybridized carbons (Fsp3) is 0.867. The Morgan fingerprint density at radius 3 is 2.32 bits per heavy atom. The minimum atomic E-state index is 0.167. The van der Waals surface area contributed by atoms with E-state index in [0.29, 0.717) is 22.7 Å². The Kier molecular flexibility index (Phi) is 3.50. The van der Waals surface area contributed by atoms with Gasteiger partial charge in [0.1, 0.15) is 12.2 Å². The minimum absolute atomic E-state index is 0.167. The summed E-state index contributed by atoms with van der Waals surface area (Å²) in [5, 5.41) is 4.31. The Labute approximate surface area is 116 Å². The van der Waals surface area contributed by atoms with Gasteiger partial charge in [0.05, 0.1) is 0 Å². The standard InChI is InChI=1S/C15H28N4/c1-10(2)8-19-12(17-9-18-19)7-11(16)13-14(3,4)15(13,5)6/h9-11,13H,7-8,16H2,1-6H3. The predicted octanol–water partition coefficient (Wildman–Crippen LogP) is 2.49. The normalized spacial score (nSPS) is 22.7. The highest BCUT2D eigenvalue weighted by atomic mass is 15.3. The van der Waals surface area contributed by atoms with E-state index < -0.39 is 0 Å². The van der Waals surface area contributed by atoms with Crippen LogP contribution >= 0.6 is 0 Å². The Morgan fingerprint density at radius 1 is 1.26 bits per heavy atom. The molecular formula is C15H28N4. The second kappa shape index (κ2) is 4.58. The molecule has 1 aliphatic carbocycles. The number of hydrogen-bond donors (Lipinski definition) is 1. The van der Waals surface area contributed by atoms with Crippen molar-refractivity contribution in [2.45, 2.75) is 60.5 Å². The molecule has 1 atom stereocenters. The molecule has 0 radical (unpaired) electrons. The van der Waals surface area contributed by atoms with Crippen molar-refractivity contribution in [3.8, 4) is 0 Å². The van der Waals surface area contributed by atoms with Crippen LogP contribution in [0.4, 0.5) is 0 Å². The molecule has 0 aromatic carbocycles. The molecule has 1 unspecified atom stereocenters. The lowest BCUT2D eigenvalue weighted by atomic mass is 10.0. The predicted molar refractivity (Wildman–Crippen MR) is 77.6 cm³/mol. The third-order valence-electron chi connectivity index (χ3n) is 5.21. The molecule has 4 heteroatoms. The number of nitrogens with zero attached hydrogens (tertiary/aromatic N) is 3. The number of rotatable bonds is 5. The second-order valence-electron chi connectivity index (χ2n) is 7.54. The number of nitrogens with two attached hydrogens (primary N) is 1. The highest BCUT2D eigenvalue weighted by molar-refractivity contribution is 5.16. The van der Waals surface area contributed by atoms with Crippen LogP contribution in [0.2, 0.25) is 0 Å². The van der Waals surface area contributed by atoms with Crippen LogP contribution in [0.3, 0.4) is 0 Å². The molecule has 1 saturated carbocycles. The molecule has 0 aliphatic heterocycles. The van der Waals surface area contributed by atoms with Gasteiger partial charge in [-0.3, -0.25) is 0 Å². The average Bonchev–Trinajstić information content (AvgIpc) is 2.57. The zero-order valence-electron chi connectivity index (χ0n) is 13.1. The highest BCUT2D eigenvalue weighted by Gasteiger charge is 2.66. The molecule has 1 aromatic heterocycles. The maximum atomic E-state index is 6.44. The fourth-order valence-corrected chi connectivity index (χ4v) is 3.59. The van der Waals surface area contributed by atoms with E-state index in [2.05, 4.69) is 51.6 Å². The van der Waals surface area contributed by atoms with Gasteiger partial charge in [0.2, 0.25) is 0 Å². The number of aromatic nitrogens is 3. The Hall–Kier alpha value is -0.900. The van der Waals surface area contributed by atoms with Crippen molar-refractivity contribution in [2.75, 3.05) is 0 Å². The molecule has 0 spiro atoms. The first-order chi connectivity index (χ1) is 8.68. The third-order valence-corrected chi connectivity index (χ3v) is 5.21. The molecule has 4 nitrogen and oxygen atoms in total. The molecule has 1 fully saturated rings. The zero-order valence-corrected chi connectivity index (χ0v) is 13.1. The first-order valence-electron chi connectivity index (χ1n) is 7.30. The van der Waals surface area contributed by atoms with E-state index in [1.54, 1.807) is 6.33 Å². The van der Waals surface area contributed by atoms with Crippen molar-refractivity contribution in [1.82, 2.24) is 14.8 Å². The Balaban J connectivity index is 2.05. The molecule has 1 aliphatic rings. The van der Waals surface area contributed by atoms with E-state index in [1.165, 1.54) is 0 Å².